The van der Waals surface area contributed by atoms with Gasteiger partial charge in [-0.3, -0.25) is 4.90 Å². The summed E-state index contributed by atoms with van der Waals surface area (Å²) >= 11 is 0. The minimum atomic E-state index is 0.431. The van der Waals surface area contributed by atoms with Gasteiger partial charge in [-0.25, -0.2) is 4.98 Å². The number of hydrogen-bond donors (Lipinski definition) is 1. The van der Waals surface area contributed by atoms with Crippen LogP contribution in [0, 0.1) is 0 Å². The maximum atomic E-state index is 4.78. The van der Waals surface area contributed by atoms with Crippen molar-refractivity contribution in [2.45, 2.75) is 38.3 Å². The van der Waals surface area contributed by atoms with E-state index < -0.39 is 0 Å². The SMILES string of the molecule is CN(C)c1ccc(CN2CC(Nc3nccc(N4CCCCCC4)n3)C2)cc1. The van der Waals surface area contributed by atoms with Gasteiger partial charge in [-0.15, -0.1) is 0 Å². The summed E-state index contributed by atoms with van der Waals surface area (Å²) < 4.78 is 0. The number of aromatic nitrogens is 2. The van der Waals surface area contributed by atoms with Crippen LogP contribution in [0.3, 0.4) is 0 Å². The van der Waals surface area contributed by atoms with Crippen LogP contribution in [0.4, 0.5) is 17.5 Å². The van der Waals surface area contributed by atoms with Gasteiger partial charge < -0.3 is 15.1 Å². The summed E-state index contributed by atoms with van der Waals surface area (Å²) in [7, 11) is 4.15. The lowest BCUT2D eigenvalue weighted by Gasteiger charge is -2.39. The third kappa shape index (κ3) is 4.73. The summed E-state index contributed by atoms with van der Waals surface area (Å²) in [6, 6.07) is 11.3. The largest absolute Gasteiger partial charge is 0.378 e. The van der Waals surface area contributed by atoms with Crippen LogP contribution in [0.5, 0.6) is 0 Å². The summed E-state index contributed by atoms with van der Waals surface area (Å²) in [5.41, 5.74) is 2.61. The highest BCUT2D eigenvalue weighted by molar-refractivity contribution is 5.46. The molecule has 28 heavy (non-hydrogen) atoms. The van der Waals surface area contributed by atoms with Crippen molar-refractivity contribution in [1.29, 1.82) is 0 Å². The van der Waals surface area contributed by atoms with Crippen LogP contribution in [-0.4, -0.2) is 61.2 Å². The molecule has 0 amide bonds. The Balaban J connectivity index is 1.27. The van der Waals surface area contributed by atoms with E-state index in [1.807, 2.05) is 12.3 Å². The Kier molecular flexibility index (Phi) is 5.95. The quantitative estimate of drug-likeness (QED) is 0.830. The maximum Gasteiger partial charge on any atom is 0.224 e. The Labute approximate surface area is 168 Å². The fraction of sp³-hybridized carbons (Fsp3) is 0.545. The fourth-order valence-electron chi connectivity index (χ4n) is 4.03. The van der Waals surface area contributed by atoms with Crippen LogP contribution in [0.2, 0.25) is 0 Å². The van der Waals surface area contributed by atoms with Gasteiger partial charge in [0.1, 0.15) is 5.82 Å². The molecule has 1 N–H and O–H groups in total. The molecule has 6 nitrogen and oxygen atoms in total. The van der Waals surface area contributed by atoms with Crippen molar-refractivity contribution in [2.24, 2.45) is 0 Å². The summed E-state index contributed by atoms with van der Waals surface area (Å²) in [6.45, 7) is 5.29. The van der Waals surface area contributed by atoms with E-state index in [4.69, 9.17) is 4.98 Å². The third-order valence-electron chi connectivity index (χ3n) is 5.72. The van der Waals surface area contributed by atoms with Crippen LogP contribution in [0.25, 0.3) is 0 Å². The highest BCUT2D eigenvalue weighted by atomic mass is 15.3. The Morgan fingerprint density at radius 2 is 1.71 bits per heavy atom. The molecule has 1 aromatic carbocycles. The first-order valence-electron chi connectivity index (χ1n) is 10.5. The van der Waals surface area contributed by atoms with Gasteiger partial charge in [-0.1, -0.05) is 25.0 Å². The zero-order valence-corrected chi connectivity index (χ0v) is 17.1. The second kappa shape index (κ2) is 8.78. The molecule has 4 rings (SSSR count). The number of likely N-dealkylation sites (tertiary alicyclic amines) is 1. The zero-order chi connectivity index (χ0) is 19.3. The van der Waals surface area contributed by atoms with Crippen LogP contribution in [0.15, 0.2) is 36.5 Å². The molecule has 0 aliphatic carbocycles. The first kappa shape index (κ1) is 19.0. The Hall–Kier alpha value is -2.34. The van der Waals surface area contributed by atoms with E-state index in [0.717, 1.165) is 44.5 Å². The van der Waals surface area contributed by atoms with Gasteiger partial charge in [0.2, 0.25) is 5.95 Å². The lowest BCUT2D eigenvalue weighted by atomic mass is 10.1. The lowest BCUT2D eigenvalue weighted by Crippen LogP contribution is -2.54. The molecule has 6 heteroatoms. The monoisotopic (exact) mass is 380 g/mol. The maximum absolute atomic E-state index is 4.78. The van der Waals surface area contributed by atoms with Crippen molar-refractivity contribution in [3.8, 4) is 0 Å². The van der Waals surface area contributed by atoms with Crippen LogP contribution < -0.4 is 15.1 Å². The number of anilines is 3. The molecule has 3 heterocycles. The average molecular weight is 381 g/mol. The third-order valence-corrected chi connectivity index (χ3v) is 5.72. The van der Waals surface area contributed by atoms with Gasteiger partial charge in [0.05, 0.1) is 6.04 Å². The molecule has 150 valence electrons. The van der Waals surface area contributed by atoms with Gasteiger partial charge in [0.15, 0.2) is 0 Å². The molecule has 2 fully saturated rings. The first-order chi connectivity index (χ1) is 13.7. The van der Waals surface area contributed by atoms with Crippen LogP contribution >= 0.6 is 0 Å². The van der Waals surface area contributed by atoms with Gasteiger partial charge in [-0.2, -0.15) is 4.98 Å². The zero-order valence-electron chi connectivity index (χ0n) is 17.1. The van der Waals surface area contributed by atoms with Crippen molar-refractivity contribution in [2.75, 3.05) is 55.4 Å². The second-order valence-corrected chi connectivity index (χ2v) is 8.24. The topological polar surface area (TPSA) is 47.5 Å². The minimum Gasteiger partial charge on any atom is -0.378 e. The second-order valence-electron chi connectivity index (χ2n) is 8.24. The number of rotatable bonds is 6. The van der Waals surface area contributed by atoms with Crippen molar-refractivity contribution in [1.82, 2.24) is 14.9 Å². The predicted molar refractivity (Wildman–Crippen MR) is 116 cm³/mol. The number of nitrogens with zero attached hydrogens (tertiary/aromatic N) is 5. The average Bonchev–Trinajstić information content (AvgIpc) is 2.96. The normalized spacial score (nSPS) is 18.4. The number of nitrogens with one attached hydrogen (secondary N) is 1. The van der Waals surface area contributed by atoms with E-state index in [9.17, 15) is 0 Å². The Morgan fingerprint density at radius 3 is 2.39 bits per heavy atom. The van der Waals surface area contributed by atoms with E-state index in [-0.39, 0.29) is 0 Å². The molecule has 0 atom stereocenters. The molecule has 0 saturated carbocycles. The van der Waals surface area contributed by atoms with E-state index in [1.165, 1.54) is 36.9 Å². The molecule has 2 aromatic rings. The smallest absolute Gasteiger partial charge is 0.224 e. The van der Waals surface area contributed by atoms with E-state index in [2.05, 4.69) is 63.4 Å². The molecule has 2 aliphatic heterocycles. The molecule has 0 unspecified atom stereocenters. The Bertz CT molecular complexity index is 746. The van der Waals surface area contributed by atoms with Gasteiger partial charge in [-0.05, 0) is 36.6 Å². The molecule has 0 radical (unpaired) electrons. The van der Waals surface area contributed by atoms with E-state index >= 15 is 0 Å². The summed E-state index contributed by atoms with van der Waals surface area (Å²) in [4.78, 5) is 16.2. The molecule has 0 bridgehead atoms. The van der Waals surface area contributed by atoms with E-state index in [1.54, 1.807) is 0 Å². The van der Waals surface area contributed by atoms with Crippen molar-refractivity contribution >= 4 is 17.5 Å². The molecule has 2 aliphatic rings. The highest BCUT2D eigenvalue weighted by Gasteiger charge is 2.27. The van der Waals surface area contributed by atoms with Crippen LogP contribution in [0.1, 0.15) is 31.2 Å². The predicted octanol–water partition coefficient (Wildman–Crippen LogP) is 3.22. The van der Waals surface area contributed by atoms with Crippen molar-refractivity contribution < 1.29 is 0 Å². The standard InChI is InChI=1S/C22H32N6/c1-26(2)20-9-7-18(8-10-20)15-27-16-19(17-27)24-22-23-12-11-21(25-22)28-13-5-3-4-6-14-28/h7-12,19H,3-6,13-17H2,1-2H3,(H,23,24,25). The molecule has 2 saturated heterocycles. The molecular weight excluding hydrogens is 348 g/mol. The summed E-state index contributed by atoms with van der Waals surface area (Å²) in [6.07, 6.45) is 7.09. The van der Waals surface area contributed by atoms with Gasteiger partial charge in [0, 0.05) is 58.7 Å². The van der Waals surface area contributed by atoms with Crippen molar-refractivity contribution in [3.05, 3.63) is 42.1 Å². The lowest BCUT2D eigenvalue weighted by molar-refractivity contribution is 0.152. The van der Waals surface area contributed by atoms with Crippen LogP contribution in [-0.2, 0) is 6.54 Å². The van der Waals surface area contributed by atoms with E-state index in [0.29, 0.717) is 6.04 Å². The van der Waals surface area contributed by atoms with Crippen molar-refractivity contribution in [3.63, 3.8) is 0 Å². The molecular formula is C22H32N6. The van der Waals surface area contributed by atoms with Gasteiger partial charge in [0.25, 0.3) is 0 Å². The fourth-order valence-corrected chi connectivity index (χ4v) is 4.03. The van der Waals surface area contributed by atoms with Gasteiger partial charge >= 0.3 is 0 Å². The summed E-state index contributed by atoms with van der Waals surface area (Å²) in [5, 5.41) is 3.52. The molecule has 1 aromatic heterocycles. The first-order valence-corrected chi connectivity index (χ1v) is 10.5. The molecule has 0 spiro atoms. The highest BCUT2D eigenvalue weighted by Crippen LogP contribution is 2.21. The summed E-state index contributed by atoms with van der Waals surface area (Å²) in [5.74, 6) is 1.83. The number of hydrogen-bond acceptors (Lipinski definition) is 6. The number of benzene rings is 1. The minimum absolute atomic E-state index is 0.431. The Morgan fingerprint density at radius 1 is 1.00 bits per heavy atom.